The number of ketones is 1. The minimum Gasteiger partial charge on any atom is -0.503 e. The Labute approximate surface area is 126 Å². The summed E-state index contributed by atoms with van der Waals surface area (Å²) in [5.74, 6) is -1.22. The molecule has 22 heavy (non-hydrogen) atoms. The molecule has 0 radical (unpaired) electrons. The number of aliphatic imine (C=N–C) groups is 1. The van der Waals surface area contributed by atoms with Crippen molar-refractivity contribution in [2.24, 2.45) is 4.99 Å². The number of carbonyl (C=O) groups excluding carboxylic acids is 1. The largest absolute Gasteiger partial charge is 0.503 e. The number of halogens is 1. The zero-order valence-electron chi connectivity index (χ0n) is 12.1. The third-order valence-corrected chi connectivity index (χ3v) is 2.75. The van der Waals surface area contributed by atoms with Crippen molar-refractivity contribution in [1.29, 1.82) is 0 Å². The Kier molecular flexibility index (Phi) is 4.77. The second-order valence-electron chi connectivity index (χ2n) is 4.44. The van der Waals surface area contributed by atoms with E-state index in [-0.39, 0.29) is 23.3 Å². The van der Waals surface area contributed by atoms with Gasteiger partial charge in [-0.2, -0.15) is 0 Å². The zero-order valence-corrected chi connectivity index (χ0v) is 12.1. The molecule has 7 heteroatoms. The van der Waals surface area contributed by atoms with Crippen LogP contribution in [0.15, 0.2) is 39.4 Å². The number of Topliss-reactive ketones (excluding diaryl/α,β-unsaturated/α-hetero) is 1. The van der Waals surface area contributed by atoms with E-state index in [4.69, 9.17) is 4.42 Å². The van der Waals surface area contributed by atoms with Gasteiger partial charge in [0.05, 0.1) is 6.42 Å². The van der Waals surface area contributed by atoms with E-state index in [1.807, 2.05) is 0 Å². The highest BCUT2D eigenvalue weighted by molar-refractivity contribution is 5.98. The fourth-order valence-corrected chi connectivity index (χ4v) is 1.71. The van der Waals surface area contributed by atoms with Crippen molar-refractivity contribution >= 4 is 17.7 Å². The number of rotatable bonds is 5. The summed E-state index contributed by atoms with van der Waals surface area (Å²) in [7, 11) is 0. The van der Waals surface area contributed by atoms with E-state index in [9.17, 15) is 14.3 Å². The summed E-state index contributed by atoms with van der Waals surface area (Å²) in [5.41, 5.74) is 0.713. The Morgan fingerprint density at radius 1 is 1.36 bits per heavy atom. The molecule has 114 valence electrons. The number of benzene rings is 1. The van der Waals surface area contributed by atoms with Crippen LogP contribution in [0.3, 0.4) is 0 Å². The van der Waals surface area contributed by atoms with Crippen LogP contribution in [0.1, 0.15) is 31.2 Å². The van der Waals surface area contributed by atoms with Gasteiger partial charge in [-0.1, -0.05) is 12.1 Å². The summed E-state index contributed by atoms with van der Waals surface area (Å²) in [5, 5.41) is 17.4. The lowest BCUT2D eigenvalue weighted by atomic mass is 10.1. The van der Waals surface area contributed by atoms with Gasteiger partial charge in [0.25, 0.3) is 5.89 Å². The molecule has 0 aliphatic rings. The number of hydrogen-bond acceptors (Lipinski definition) is 6. The van der Waals surface area contributed by atoms with Crippen molar-refractivity contribution in [3.8, 4) is 0 Å². The molecule has 0 atom stereocenters. The van der Waals surface area contributed by atoms with Gasteiger partial charge in [0.1, 0.15) is 5.82 Å². The summed E-state index contributed by atoms with van der Waals surface area (Å²) in [6, 6.07) is 5.88. The van der Waals surface area contributed by atoms with E-state index in [0.717, 1.165) is 5.56 Å². The van der Waals surface area contributed by atoms with Gasteiger partial charge in [0, 0.05) is 13.1 Å². The van der Waals surface area contributed by atoms with Crippen LogP contribution in [-0.2, 0) is 11.2 Å². The van der Waals surface area contributed by atoms with Gasteiger partial charge in [-0.15, -0.1) is 10.2 Å². The number of nitrogens with zero attached hydrogens (tertiary/aromatic N) is 3. The molecule has 0 aliphatic heterocycles. The molecule has 0 aliphatic carbocycles. The molecule has 0 spiro atoms. The minimum atomic E-state index is -0.557. The molecule has 1 aromatic carbocycles. The van der Waals surface area contributed by atoms with Gasteiger partial charge in [-0.25, -0.2) is 4.39 Å². The van der Waals surface area contributed by atoms with Crippen LogP contribution < -0.4 is 0 Å². The first-order chi connectivity index (χ1) is 10.5. The van der Waals surface area contributed by atoms with E-state index in [0.29, 0.717) is 6.42 Å². The first-order valence-corrected chi connectivity index (χ1v) is 6.51. The van der Waals surface area contributed by atoms with E-state index < -0.39 is 11.5 Å². The Morgan fingerprint density at radius 3 is 2.64 bits per heavy atom. The molecule has 1 N–H and O–H groups in total. The molecule has 6 nitrogen and oxygen atoms in total. The first kappa shape index (κ1) is 15.6. The zero-order chi connectivity index (χ0) is 16.1. The highest BCUT2D eigenvalue weighted by atomic mass is 19.1. The Morgan fingerprint density at radius 2 is 2.05 bits per heavy atom. The highest BCUT2D eigenvalue weighted by Crippen LogP contribution is 2.19. The van der Waals surface area contributed by atoms with Crippen LogP contribution in [0.25, 0.3) is 5.70 Å². The van der Waals surface area contributed by atoms with Gasteiger partial charge >= 0.3 is 0 Å². The van der Waals surface area contributed by atoms with Gasteiger partial charge in [0.15, 0.2) is 17.2 Å². The van der Waals surface area contributed by atoms with Gasteiger partial charge in [0.2, 0.25) is 5.89 Å². The average molecular weight is 303 g/mol. The van der Waals surface area contributed by atoms with Gasteiger partial charge in [-0.3, -0.25) is 9.79 Å². The number of aromatic nitrogens is 2. The van der Waals surface area contributed by atoms with Crippen LogP contribution in [0.4, 0.5) is 4.39 Å². The molecule has 1 heterocycles. The topological polar surface area (TPSA) is 88.6 Å². The van der Waals surface area contributed by atoms with Crippen molar-refractivity contribution in [2.75, 3.05) is 0 Å². The van der Waals surface area contributed by atoms with E-state index in [1.165, 1.54) is 25.3 Å². The maximum Gasteiger partial charge on any atom is 0.270 e. The number of allylic oxidation sites excluding steroid dienone is 1. The second kappa shape index (κ2) is 6.75. The monoisotopic (exact) mass is 303 g/mol. The van der Waals surface area contributed by atoms with Gasteiger partial charge < -0.3 is 9.52 Å². The van der Waals surface area contributed by atoms with Crippen LogP contribution in [0.2, 0.25) is 0 Å². The molecule has 2 rings (SSSR count). The maximum absolute atomic E-state index is 12.9. The lowest BCUT2D eigenvalue weighted by Crippen LogP contribution is -1.99. The molecular weight excluding hydrogens is 289 g/mol. The average Bonchev–Trinajstić information content (AvgIpc) is 2.94. The number of carbonyl (C=O) groups is 1. The van der Waals surface area contributed by atoms with Gasteiger partial charge in [-0.05, 0) is 24.6 Å². The minimum absolute atomic E-state index is 0.0529. The predicted molar refractivity (Wildman–Crippen MR) is 77.9 cm³/mol. The normalized spacial score (nSPS) is 12.5. The number of hydrogen-bond donors (Lipinski definition) is 1. The summed E-state index contributed by atoms with van der Waals surface area (Å²) >= 11 is 0. The molecular formula is C15H14FN3O3. The Balaban J connectivity index is 2.28. The maximum atomic E-state index is 12.9. The fourth-order valence-electron chi connectivity index (χ4n) is 1.71. The molecule has 0 saturated carbocycles. The first-order valence-electron chi connectivity index (χ1n) is 6.51. The Bertz CT molecular complexity index is 733. The molecule has 0 saturated heterocycles. The van der Waals surface area contributed by atoms with Crippen LogP contribution >= 0.6 is 0 Å². The summed E-state index contributed by atoms with van der Waals surface area (Å²) < 4.78 is 18.3. The standard InChI is InChI=1S/C15H14FN3O3/c1-3-17-13(14(21)9(2)20)15-19-18-12(22-15)8-10-4-6-11(16)7-5-10/h3-7,21H,8H2,1-2H3/b14-13+,17-3-. The fraction of sp³-hybridized carbons (Fsp3) is 0.200. The van der Waals surface area contributed by atoms with Crippen molar-refractivity contribution in [2.45, 2.75) is 20.3 Å². The summed E-state index contributed by atoms with van der Waals surface area (Å²) in [6.45, 7) is 2.83. The molecule has 0 bridgehead atoms. The number of aliphatic hydroxyl groups excluding tert-OH is 1. The van der Waals surface area contributed by atoms with Crippen molar-refractivity contribution < 1.29 is 18.7 Å². The second-order valence-corrected chi connectivity index (χ2v) is 4.44. The van der Waals surface area contributed by atoms with E-state index in [2.05, 4.69) is 15.2 Å². The smallest absolute Gasteiger partial charge is 0.270 e. The number of aliphatic hydroxyl groups is 1. The van der Waals surface area contributed by atoms with E-state index in [1.54, 1.807) is 19.1 Å². The third-order valence-electron chi connectivity index (χ3n) is 2.75. The molecule has 0 fully saturated rings. The molecule has 0 amide bonds. The molecule has 1 aromatic heterocycles. The van der Waals surface area contributed by atoms with Crippen LogP contribution in [0.5, 0.6) is 0 Å². The lowest BCUT2D eigenvalue weighted by Gasteiger charge is -1.99. The predicted octanol–water partition coefficient (Wildman–Crippen LogP) is 2.71. The highest BCUT2D eigenvalue weighted by Gasteiger charge is 2.18. The summed E-state index contributed by atoms with van der Waals surface area (Å²) in [4.78, 5) is 15.1. The molecule has 2 aromatic rings. The lowest BCUT2D eigenvalue weighted by molar-refractivity contribution is -0.115. The summed E-state index contributed by atoms with van der Waals surface area (Å²) in [6.07, 6.45) is 1.70. The third kappa shape index (κ3) is 3.63. The SMILES string of the molecule is C/C=N\C(=C(\O)C(C)=O)c1nnc(Cc2ccc(F)cc2)o1. The van der Waals surface area contributed by atoms with Crippen LogP contribution in [0, 0.1) is 5.82 Å². The van der Waals surface area contributed by atoms with E-state index >= 15 is 0 Å². The van der Waals surface area contributed by atoms with Crippen LogP contribution in [-0.4, -0.2) is 27.3 Å². The molecule has 0 unspecified atom stereocenters. The van der Waals surface area contributed by atoms with Crippen molar-refractivity contribution in [3.05, 3.63) is 53.2 Å². The van der Waals surface area contributed by atoms with Crippen molar-refractivity contribution in [3.63, 3.8) is 0 Å². The van der Waals surface area contributed by atoms with Crippen molar-refractivity contribution in [1.82, 2.24) is 10.2 Å². The Hall–Kier alpha value is -2.83. The quantitative estimate of drug-likeness (QED) is 0.521.